The van der Waals surface area contributed by atoms with Gasteiger partial charge in [-0.2, -0.15) is 0 Å². The average Bonchev–Trinajstić information content (AvgIpc) is 3.20. The predicted molar refractivity (Wildman–Crippen MR) is 121 cm³/mol. The number of esters is 1. The number of thiazole rings is 1. The maximum atomic E-state index is 12.4. The van der Waals surface area contributed by atoms with Crippen LogP contribution in [0.25, 0.3) is 0 Å². The van der Waals surface area contributed by atoms with Crippen LogP contribution in [0.15, 0.2) is 53.9 Å². The Morgan fingerprint density at radius 3 is 2.43 bits per heavy atom. The molecule has 1 amide bonds. The Balaban J connectivity index is 1.70. The molecule has 0 radical (unpaired) electrons. The molecule has 0 fully saturated rings. The van der Waals surface area contributed by atoms with Gasteiger partial charge in [-0.15, -0.1) is 11.3 Å². The molecule has 0 saturated carbocycles. The summed E-state index contributed by atoms with van der Waals surface area (Å²) in [5.74, 6) is -0.538. The molecule has 156 valence electrons. The second-order valence-electron chi connectivity index (χ2n) is 7.02. The monoisotopic (exact) mass is 423 g/mol. The van der Waals surface area contributed by atoms with Crippen LogP contribution in [0.2, 0.25) is 0 Å². The van der Waals surface area contributed by atoms with E-state index >= 15 is 0 Å². The van der Waals surface area contributed by atoms with E-state index < -0.39 is 5.97 Å². The molecule has 7 heteroatoms. The summed E-state index contributed by atoms with van der Waals surface area (Å²) >= 11 is 1.34. The minimum Gasteiger partial charge on any atom is -0.456 e. The fourth-order valence-corrected chi connectivity index (χ4v) is 3.78. The Morgan fingerprint density at radius 2 is 1.80 bits per heavy atom. The number of hydrogen-bond acceptors (Lipinski definition) is 6. The van der Waals surface area contributed by atoms with Crippen LogP contribution in [0, 0.1) is 0 Å². The van der Waals surface area contributed by atoms with Crippen LogP contribution in [0.5, 0.6) is 0 Å². The molecule has 3 aromatic rings. The van der Waals surface area contributed by atoms with Gasteiger partial charge in [0.2, 0.25) is 5.91 Å². The predicted octanol–water partition coefficient (Wildman–Crippen LogP) is 4.81. The number of carbonyl (C=O) groups excluding carboxylic acids is 2. The molecule has 1 heterocycles. The van der Waals surface area contributed by atoms with Gasteiger partial charge in [-0.05, 0) is 42.3 Å². The molecule has 0 unspecified atom stereocenters. The average molecular weight is 424 g/mol. The number of benzene rings is 2. The summed E-state index contributed by atoms with van der Waals surface area (Å²) < 4.78 is 5.42. The van der Waals surface area contributed by atoms with Gasteiger partial charge in [-0.25, -0.2) is 9.78 Å². The maximum Gasteiger partial charge on any atom is 0.338 e. The molecule has 0 atom stereocenters. The normalized spacial score (nSPS) is 10.5. The summed E-state index contributed by atoms with van der Waals surface area (Å²) in [6.45, 7) is 3.64. The summed E-state index contributed by atoms with van der Waals surface area (Å²) in [5.41, 5.74) is 3.97. The van der Waals surface area contributed by atoms with Crippen molar-refractivity contribution in [1.82, 2.24) is 4.98 Å². The highest BCUT2D eigenvalue weighted by Crippen LogP contribution is 2.29. The van der Waals surface area contributed by atoms with E-state index in [1.54, 1.807) is 22.4 Å². The van der Waals surface area contributed by atoms with E-state index in [9.17, 15) is 9.59 Å². The maximum absolute atomic E-state index is 12.4. The number of aromatic nitrogens is 1. The minimum absolute atomic E-state index is 0.0437. The lowest BCUT2D eigenvalue weighted by molar-refractivity contribution is -0.115. The third-order valence-electron chi connectivity index (χ3n) is 4.60. The molecule has 30 heavy (non-hydrogen) atoms. The quantitative estimate of drug-likeness (QED) is 0.510. The molecule has 3 rings (SSSR count). The summed E-state index contributed by atoms with van der Waals surface area (Å²) in [6, 6.07) is 15.1. The lowest BCUT2D eigenvalue weighted by Crippen LogP contribution is -2.22. The van der Waals surface area contributed by atoms with E-state index in [1.807, 2.05) is 55.4 Å². The summed E-state index contributed by atoms with van der Waals surface area (Å²) in [6.07, 6.45) is 0.935. The smallest absolute Gasteiger partial charge is 0.338 e. The van der Waals surface area contributed by atoms with Crippen molar-refractivity contribution in [1.29, 1.82) is 0 Å². The van der Waals surface area contributed by atoms with Crippen LogP contribution >= 0.6 is 11.3 Å². The molecule has 0 saturated heterocycles. The number of carbonyl (C=O) groups is 2. The van der Waals surface area contributed by atoms with Crippen LogP contribution in [0.4, 0.5) is 16.5 Å². The largest absolute Gasteiger partial charge is 0.456 e. The number of anilines is 3. The summed E-state index contributed by atoms with van der Waals surface area (Å²) in [5, 5.41) is 2.35. The summed E-state index contributed by atoms with van der Waals surface area (Å²) in [7, 11) is 3.83. The fraction of sp³-hybridized carbons (Fsp3) is 0.261. The SMILES string of the molecule is CCc1ccc(N(C(C)=O)c2nc(COC(=O)c3cccc(N(C)C)c3)cs2)cc1. The first kappa shape index (κ1) is 21.5. The molecule has 1 aromatic heterocycles. The molecule has 0 aliphatic carbocycles. The van der Waals surface area contributed by atoms with Gasteiger partial charge in [-0.3, -0.25) is 9.69 Å². The Bertz CT molecular complexity index is 1030. The van der Waals surface area contributed by atoms with E-state index in [4.69, 9.17) is 4.74 Å². The van der Waals surface area contributed by atoms with Crippen molar-refractivity contribution in [3.63, 3.8) is 0 Å². The minimum atomic E-state index is -0.410. The molecule has 0 aliphatic heterocycles. The first-order chi connectivity index (χ1) is 14.4. The lowest BCUT2D eigenvalue weighted by atomic mass is 10.1. The van der Waals surface area contributed by atoms with Crippen molar-refractivity contribution < 1.29 is 14.3 Å². The zero-order chi connectivity index (χ0) is 21.7. The van der Waals surface area contributed by atoms with Crippen molar-refractivity contribution in [2.45, 2.75) is 26.9 Å². The van der Waals surface area contributed by atoms with E-state index in [0.29, 0.717) is 16.4 Å². The van der Waals surface area contributed by atoms with Crippen LogP contribution in [0.3, 0.4) is 0 Å². The molecular formula is C23H25N3O3S. The van der Waals surface area contributed by atoms with Crippen molar-refractivity contribution in [3.05, 3.63) is 70.7 Å². The van der Waals surface area contributed by atoms with E-state index in [1.165, 1.54) is 23.8 Å². The Morgan fingerprint density at radius 1 is 1.07 bits per heavy atom. The highest BCUT2D eigenvalue weighted by molar-refractivity contribution is 7.14. The van der Waals surface area contributed by atoms with Crippen molar-refractivity contribution in [3.8, 4) is 0 Å². The Labute approximate surface area is 180 Å². The van der Waals surface area contributed by atoms with Crippen LogP contribution in [0.1, 0.15) is 35.5 Å². The third kappa shape index (κ3) is 5.04. The van der Waals surface area contributed by atoms with Crippen molar-refractivity contribution >= 4 is 39.7 Å². The Hall–Kier alpha value is -3.19. The number of amides is 1. The topological polar surface area (TPSA) is 62.7 Å². The van der Waals surface area contributed by atoms with Gasteiger partial charge in [-0.1, -0.05) is 25.1 Å². The number of nitrogens with zero attached hydrogens (tertiary/aromatic N) is 3. The van der Waals surface area contributed by atoms with E-state index in [0.717, 1.165) is 17.8 Å². The van der Waals surface area contributed by atoms with Crippen LogP contribution < -0.4 is 9.80 Å². The van der Waals surface area contributed by atoms with Crippen molar-refractivity contribution in [2.75, 3.05) is 23.9 Å². The van der Waals surface area contributed by atoms with Gasteiger partial charge in [0.25, 0.3) is 0 Å². The molecule has 6 nitrogen and oxygen atoms in total. The van der Waals surface area contributed by atoms with E-state index in [2.05, 4.69) is 11.9 Å². The number of aryl methyl sites for hydroxylation is 1. The first-order valence-corrected chi connectivity index (χ1v) is 10.6. The molecule has 0 N–H and O–H groups in total. The van der Waals surface area contributed by atoms with Gasteiger partial charge >= 0.3 is 5.97 Å². The summed E-state index contributed by atoms with van der Waals surface area (Å²) in [4.78, 5) is 32.6. The molecule has 0 aliphatic rings. The van der Waals surface area contributed by atoms with Crippen LogP contribution in [-0.4, -0.2) is 31.0 Å². The molecule has 0 bridgehead atoms. The standard InChI is InChI=1S/C23H25N3O3S/c1-5-17-9-11-20(12-10-17)26(16(2)27)23-24-19(15-30-23)14-29-22(28)18-7-6-8-21(13-18)25(3)4/h6-13,15H,5,14H2,1-4H3. The van der Waals surface area contributed by atoms with E-state index in [-0.39, 0.29) is 12.5 Å². The first-order valence-electron chi connectivity index (χ1n) is 9.67. The van der Waals surface area contributed by atoms with Gasteiger partial charge in [0.05, 0.1) is 16.9 Å². The molecular weight excluding hydrogens is 398 g/mol. The lowest BCUT2D eigenvalue weighted by Gasteiger charge is -2.18. The highest BCUT2D eigenvalue weighted by atomic mass is 32.1. The fourth-order valence-electron chi connectivity index (χ4n) is 2.91. The number of ether oxygens (including phenoxy) is 1. The Kier molecular flexibility index (Phi) is 6.84. The van der Waals surface area contributed by atoms with Crippen LogP contribution in [-0.2, 0) is 22.6 Å². The number of rotatable bonds is 7. The second kappa shape index (κ2) is 9.54. The van der Waals surface area contributed by atoms with Gasteiger partial charge < -0.3 is 9.64 Å². The zero-order valence-electron chi connectivity index (χ0n) is 17.6. The van der Waals surface area contributed by atoms with Crippen molar-refractivity contribution in [2.24, 2.45) is 0 Å². The van der Waals surface area contributed by atoms with Gasteiger partial charge in [0, 0.05) is 32.1 Å². The molecule has 0 spiro atoms. The zero-order valence-corrected chi connectivity index (χ0v) is 18.4. The number of hydrogen-bond donors (Lipinski definition) is 0. The third-order valence-corrected chi connectivity index (χ3v) is 5.47. The van der Waals surface area contributed by atoms with Gasteiger partial charge in [0.15, 0.2) is 5.13 Å². The second-order valence-corrected chi connectivity index (χ2v) is 7.85. The molecule has 2 aromatic carbocycles. The highest BCUT2D eigenvalue weighted by Gasteiger charge is 2.18. The van der Waals surface area contributed by atoms with Gasteiger partial charge in [0.1, 0.15) is 6.61 Å².